The molecule has 2 amide bonds. The van der Waals surface area contributed by atoms with Gasteiger partial charge in [0.05, 0.1) is 17.0 Å². The summed E-state index contributed by atoms with van der Waals surface area (Å²) in [6, 6.07) is 12.2. The smallest absolute Gasteiger partial charge is 0.256 e. The second-order valence-electron chi connectivity index (χ2n) is 6.12. The fourth-order valence-electron chi connectivity index (χ4n) is 3.12. The van der Waals surface area contributed by atoms with Gasteiger partial charge in [0.1, 0.15) is 17.6 Å². The van der Waals surface area contributed by atoms with E-state index in [0.29, 0.717) is 33.6 Å². The molecule has 1 fully saturated rings. The first-order chi connectivity index (χ1) is 12.5. The average Bonchev–Trinajstić information content (AvgIpc) is 3.20. The number of benzene rings is 1. The number of fused-ring (bicyclic) bond motifs is 1. The van der Waals surface area contributed by atoms with Crippen LogP contribution < -0.4 is 5.32 Å². The number of para-hydroxylation sites is 1. The minimum atomic E-state index is -0.609. The summed E-state index contributed by atoms with van der Waals surface area (Å²) in [6.45, 7) is 3.62. The van der Waals surface area contributed by atoms with E-state index in [9.17, 15) is 9.59 Å². The van der Waals surface area contributed by atoms with E-state index in [1.54, 1.807) is 11.8 Å². The van der Waals surface area contributed by atoms with Crippen molar-refractivity contribution in [1.29, 1.82) is 0 Å². The topological polar surface area (TPSA) is 74.9 Å². The van der Waals surface area contributed by atoms with E-state index in [0.717, 1.165) is 5.76 Å². The highest BCUT2D eigenvalue weighted by molar-refractivity contribution is 8.15. The number of anilines is 1. The van der Waals surface area contributed by atoms with Crippen molar-refractivity contribution in [3.05, 3.63) is 65.3 Å². The Morgan fingerprint density at radius 2 is 2.00 bits per heavy atom. The molecule has 0 radical (unpaired) electrons. The summed E-state index contributed by atoms with van der Waals surface area (Å²) in [6.07, 6.45) is 0. The molecule has 2 aromatic rings. The van der Waals surface area contributed by atoms with Crippen LogP contribution in [0.15, 0.2) is 63.1 Å². The standard InChI is InChI=1S/C19H17N3O3S/c1-11-8-9-14(25-11)17-16(18(24)21-13-6-4-3-5-7-13)12(2)20-19-22(17)15(23)10-26-19/h3-9,17H,10H2,1-2H3,(H,21,24)/t17-/m0/s1. The van der Waals surface area contributed by atoms with E-state index in [1.165, 1.54) is 11.8 Å². The molecule has 1 aromatic heterocycles. The van der Waals surface area contributed by atoms with Crippen molar-refractivity contribution >= 4 is 34.4 Å². The summed E-state index contributed by atoms with van der Waals surface area (Å²) in [5, 5.41) is 3.50. The highest BCUT2D eigenvalue weighted by Gasteiger charge is 2.44. The molecule has 1 aromatic carbocycles. The maximum absolute atomic E-state index is 13.0. The first-order valence-corrected chi connectivity index (χ1v) is 9.20. The predicted molar refractivity (Wildman–Crippen MR) is 101 cm³/mol. The van der Waals surface area contributed by atoms with E-state index < -0.39 is 6.04 Å². The number of carbonyl (C=O) groups is 2. The molecule has 132 valence electrons. The highest BCUT2D eigenvalue weighted by atomic mass is 32.2. The molecule has 7 heteroatoms. The number of nitrogens with one attached hydrogen (secondary N) is 1. The molecule has 1 saturated heterocycles. The van der Waals surface area contributed by atoms with Gasteiger partial charge in [0.2, 0.25) is 5.91 Å². The monoisotopic (exact) mass is 367 g/mol. The zero-order valence-electron chi connectivity index (χ0n) is 14.4. The Morgan fingerprint density at radius 1 is 1.23 bits per heavy atom. The van der Waals surface area contributed by atoms with Gasteiger partial charge < -0.3 is 9.73 Å². The van der Waals surface area contributed by atoms with Crippen molar-refractivity contribution in [2.45, 2.75) is 19.9 Å². The minimum absolute atomic E-state index is 0.0784. The van der Waals surface area contributed by atoms with Crippen molar-refractivity contribution < 1.29 is 14.0 Å². The Kier molecular flexibility index (Phi) is 4.16. The SMILES string of the molecule is CC1=C(C(=O)Nc2ccccc2)[C@H](c2ccc(C)o2)N2C(=O)CSC2=N1. The molecule has 4 rings (SSSR count). The lowest BCUT2D eigenvalue weighted by Crippen LogP contribution is -2.40. The molecule has 1 N–H and O–H groups in total. The van der Waals surface area contributed by atoms with Crippen LogP contribution in [0, 0.1) is 6.92 Å². The van der Waals surface area contributed by atoms with Gasteiger partial charge in [0.15, 0.2) is 5.17 Å². The molecule has 0 saturated carbocycles. The van der Waals surface area contributed by atoms with E-state index in [1.807, 2.05) is 49.4 Å². The van der Waals surface area contributed by atoms with E-state index >= 15 is 0 Å². The number of rotatable bonds is 3. The number of aliphatic imine (C=N–C) groups is 1. The van der Waals surface area contributed by atoms with Crippen molar-refractivity contribution in [3.8, 4) is 0 Å². The lowest BCUT2D eigenvalue weighted by molar-refractivity contribution is -0.125. The summed E-state index contributed by atoms with van der Waals surface area (Å²) < 4.78 is 5.79. The van der Waals surface area contributed by atoms with E-state index in [2.05, 4.69) is 10.3 Å². The summed E-state index contributed by atoms with van der Waals surface area (Å²) in [4.78, 5) is 31.5. The number of hydrogen-bond acceptors (Lipinski definition) is 5. The maximum Gasteiger partial charge on any atom is 0.256 e. The number of aryl methyl sites for hydroxylation is 1. The molecule has 1 atom stereocenters. The largest absolute Gasteiger partial charge is 0.464 e. The molecular weight excluding hydrogens is 350 g/mol. The number of carbonyl (C=O) groups excluding carboxylic acids is 2. The van der Waals surface area contributed by atoms with Crippen LogP contribution in [0.3, 0.4) is 0 Å². The zero-order chi connectivity index (χ0) is 18.3. The Bertz CT molecular complexity index is 946. The van der Waals surface area contributed by atoms with Crippen LogP contribution >= 0.6 is 11.8 Å². The van der Waals surface area contributed by atoms with Crippen LogP contribution in [0.25, 0.3) is 0 Å². The van der Waals surface area contributed by atoms with Crippen molar-refractivity contribution in [2.75, 3.05) is 11.1 Å². The number of amides is 2. The summed E-state index contributed by atoms with van der Waals surface area (Å²) in [7, 11) is 0. The Hall–Kier alpha value is -2.80. The molecule has 0 unspecified atom stereocenters. The number of furan rings is 1. The van der Waals surface area contributed by atoms with E-state index in [-0.39, 0.29) is 11.8 Å². The average molecular weight is 367 g/mol. The number of hydrogen-bond donors (Lipinski definition) is 1. The summed E-state index contributed by atoms with van der Waals surface area (Å²) >= 11 is 1.38. The van der Waals surface area contributed by atoms with Gasteiger partial charge >= 0.3 is 0 Å². The number of thioether (sulfide) groups is 1. The van der Waals surface area contributed by atoms with E-state index in [4.69, 9.17) is 4.42 Å². The molecule has 0 aliphatic carbocycles. The first kappa shape index (κ1) is 16.7. The number of nitrogens with zero attached hydrogens (tertiary/aromatic N) is 2. The lowest BCUT2D eigenvalue weighted by atomic mass is 9.98. The van der Waals surface area contributed by atoms with Crippen LogP contribution in [-0.2, 0) is 9.59 Å². The third-order valence-corrected chi connectivity index (χ3v) is 5.23. The van der Waals surface area contributed by atoms with Gasteiger partial charge in [-0.2, -0.15) is 0 Å². The second-order valence-corrected chi connectivity index (χ2v) is 7.06. The molecule has 0 spiro atoms. The molecule has 0 bridgehead atoms. The fraction of sp³-hybridized carbons (Fsp3) is 0.211. The van der Waals surface area contributed by atoms with Crippen molar-refractivity contribution in [1.82, 2.24) is 4.90 Å². The first-order valence-electron chi connectivity index (χ1n) is 8.21. The third kappa shape index (κ3) is 2.84. The van der Waals surface area contributed by atoms with Crippen LogP contribution in [-0.4, -0.2) is 27.6 Å². The second kappa shape index (κ2) is 6.49. The Labute approximate surface area is 155 Å². The molecule has 3 heterocycles. The molecule has 2 aliphatic rings. The lowest BCUT2D eigenvalue weighted by Gasteiger charge is -2.31. The predicted octanol–water partition coefficient (Wildman–Crippen LogP) is 3.49. The quantitative estimate of drug-likeness (QED) is 0.901. The van der Waals surface area contributed by atoms with Gasteiger partial charge in [-0.15, -0.1) is 0 Å². The van der Waals surface area contributed by atoms with Gasteiger partial charge in [0, 0.05) is 5.69 Å². The highest BCUT2D eigenvalue weighted by Crippen LogP contribution is 2.41. The number of amidine groups is 1. The van der Waals surface area contributed by atoms with Gasteiger partial charge in [-0.3, -0.25) is 14.5 Å². The Morgan fingerprint density at radius 3 is 2.69 bits per heavy atom. The van der Waals surface area contributed by atoms with Crippen molar-refractivity contribution in [2.24, 2.45) is 4.99 Å². The van der Waals surface area contributed by atoms with Gasteiger partial charge in [0.25, 0.3) is 5.91 Å². The molecule has 6 nitrogen and oxygen atoms in total. The van der Waals surface area contributed by atoms with Crippen LogP contribution in [0.1, 0.15) is 24.5 Å². The summed E-state index contributed by atoms with van der Waals surface area (Å²) in [5.74, 6) is 1.23. The minimum Gasteiger partial charge on any atom is -0.464 e. The molecular formula is C19H17N3O3S. The normalized spacial score (nSPS) is 19.5. The maximum atomic E-state index is 13.0. The third-order valence-electron chi connectivity index (χ3n) is 4.29. The Balaban J connectivity index is 1.77. The molecule has 2 aliphatic heterocycles. The van der Waals surface area contributed by atoms with Crippen molar-refractivity contribution in [3.63, 3.8) is 0 Å². The van der Waals surface area contributed by atoms with Crippen LogP contribution in [0.5, 0.6) is 0 Å². The molecule has 26 heavy (non-hydrogen) atoms. The summed E-state index contributed by atoms with van der Waals surface area (Å²) in [5.41, 5.74) is 1.69. The van der Waals surface area contributed by atoms with Gasteiger partial charge in [-0.25, -0.2) is 4.99 Å². The van der Waals surface area contributed by atoms with Gasteiger partial charge in [-0.1, -0.05) is 30.0 Å². The fourth-order valence-corrected chi connectivity index (χ4v) is 4.06. The van der Waals surface area contributed by atoms with Gasteiger partial charge in [-0.05, 0) is 38.1 Å². The van der Waals surface area contributed by atoms with Crippen LogP contribution in [0.4, 0.5) is 5.69 Å². The number of allylic oxidation sites excluding steroid dienone is 1. The van der Waals surface area contributed by atoms with Crippen LogP contribution in [0.2, 0.25) is 0 Å². The zero-order valence-corrected chi connectivity index (χ0v) is 15.2.